The van der Waals surface area contributed by atoms with Crippen LogP contribution in [0.5, 0.6) is 0 Å². The molecule has 23 heavy (non-hydrogen) atoms. The lowest BCUT2D eigenvalue weighted by atomic mass is 10.1. The van der Waals surface area contributed by atoms with Crippen LogP contribution in [-0.2, 0) is 4.79 Å². The van der Waals surface area contributed by atoms with Gasteiger partial charge in [-0.3, -0.25) is 9.78 Å². The number of nitrogens with one attached hydrogen (secondary N) is 1. The molecule has 1 aromatic carbocycles. The molecule has 4 nitrogen and oxygen atoms in total. The largest absolute Gasteiger partial charge is 0.353 e. The summed E-state index contributed by atoms with van der Waals surface area (Å²) >= 11 is 7.77. The van der Waals surface area contributed by atoms with Gasteiger partial charge in [0.15, 0.2) is 0 Å². The van der Waals surface area contributed by atoms with Crippen LogP contribution in [-0.4, -0.2) is 42.2 Å². The molecule has 1 atom stereocenters. The maximum atomic E-state index is 12.1. The van der Waals surface area contributed by atoms with E-state index in [0.29, 0.717) is 17.3 Å². The summed E-state index contributed by atoms with van der Waals surface area (Å²) in [5, 5.41) is 3.70. The van der Waals surface area contributed by atoms with Gasteiger partial charge < -0.3 is 10.2 Å². The zero-order valence-electron chi connectivity index (χ0n) is 13.2. The molecule has 1 aromatic heterocycles. The van der Waals surface area contributed by atoms with Crippen molar-refractivity contribution in [2.45, 2.75) is 10.9 Å². The summed E-state index contributed by atoms with van der Waals surface area (Å²) in [6.45, 7) is 0.520. The van der Waals surface area contributed by atoms with Crippen molar-refractivity contribution in [3.05, 3.63) is 59.4 Å². The lowest BCUT2D eigenvalue weighted by Gasteiger charge is -2.26. The van der Waals surface area contributed by atoms with Crippen LogP contribution in [0.4, 0.5) is 0 Å². The standard InChI is InChI=1S/C17H20ClN3OS/c1-21(2)16(14-5-3-4-6-15(14)18)11-20-17(22)12-23-13-7-9-19-10-8-13/h3-10,16H,11-12H2,1-2H3,(H,20,22). The van der Waals surface area contributed by atoms with Crippen molar-refractivity contribution in [2.24, 2.45) is 0 Å². The molecule has 0 aliphatic carbocycles. The van der Waals surface area contributed by atoms with E-state index in [-0.39, 0.29) is 11.9 Å². The molecule has 0 saturated carbocycles. The molecule has 1 N–H and O–H groups in total. The van der Waals surface area contributed by atoms with Crippen molar-refractivity contribution in [2.75, 3.05) is 26.4 Å². The molecule has 2 aromatic rings. The highest BCUT2D eigenvalue weighted by Gasteiger charge is 2.17. The number of pyridine rings is 1. The van der Waals surface area contributed by atoms with Gasteiger partial charge in [-0.05, 0) is 37.9 Å². The first-order valence-electron chi connectivity index (χ1n) is 7.28. The molecule has 1 unspecified atom stereocenters. The Kier molecular flexibility index (Phi) is 6.89. The third-order valence-electron chi connectivity index (χ3n) is 3.40. The maximum absolute atomic E-state index is 12.1. The topological polar surface area (TPSA) is 45.2 Å². The average molecular weight is 350 g/mol. The fourth-order valence-corrected chi connectivity index (χ4v) is 3.14. The summed E-state index contributed by atoms with van der Waals surface area (Å²) in [4.78, 5) is 19.1. The summed E-state index contributed by atoms with van der Waals surface area (Å²) in [5.41, 5.74) is 1.02. The Bertz CT molecular complexity index is 637. The van der Waals surface area contributed by atoms with Gasteiger partial charge in [0.1, 0.15) is 0 Å². The normalized spacial score (nSPS) is 12.2. The van der Waals surface area contributed by atoms with Crippen molar-refractivity contribution in [3.63, 3.8) is 0 Å². The number of likely N-dealkylation sites (N-methyl/N-ethyl adjacent to an activating group) is 1. The predicted molar refractivity (Wildman–Crippen MR) is 95.9 cm³/mol. The number of carbonyl (C=O) groups is 1. The third-order valence-corrected chi connectivity index (χ3v) is 4.76. The number of carbonyl (C=O) groups excluding carboxylic acids is 1. The van der Waals surface area contributed by atoms with Crippen molar-refractivity contribution >= 4 is 29.3 Å². The van der Waals surface area contributed by atoms with E-state index in [0.717, 1.165) is 10.5 Å². The lowest BCUT2D eigenvalue weighted by Crippen LogP contribution is -2.35. The van der Waals surface area contributed by atoms with Gasteiger partial charge in [-0.2, -0.15) is 0 Å². The minimum atomic E-state index is 0.00529. The number of nitrogens with zero attached hydrogens (tertiary/aromatic N) is 2. The summed E-state index contributed by atoms with van der Waals surface area (Å²) in [6, 6.07) is 11.5. The summed E-state index contributed by atoms with van der Waals surface area (Å²) in [7, 11) is 3.96. The van der Waals surface area contributed by atoms with Crippen LogP contribution in [0.2, 0.25) is 5.02 Å². The van der Waals surface area contributed by atoms with E-state index in [2.05, 4.69) is 15.2 Å². The molecule has 1 heterocycles. The number of hydrogen-bond donors (Lipinski definition) is 1. The van der Waals surface area contributed by atoms with Gasteiger partial charge in [0.25, 0.3) is 0 Å². The second kappa shape index (κ2) is 8.91. The third kappa shape index (κ3) is 5.53. The highest BCUT2D eigenvalue weighted by atomic mass is 35.5. The monoisotopic (exact) mass is 349 g/mol. The lowest BCUT2D eigenvalue weighted by molar-refractivity contribution is -0.118. The highest BCUT2D eigenvalue weighted by Crippen LogP contribution is 2.25. The molecule has 0 saturated heterocycles. The van der Waals surface area contributed by atoms with Crippen LogP contribution >= 0.6 is 23.4 Å². The molecule has 0 fully saturated rings. The number of hydrogen-bond acceptors (Lipinski definition) is 4. The van der Waals surface area contributed by atoms with Gasteiger partial charge in [0.05, 0.1) is 11.8 Å². The molecule has 0 radical (unpaired) electrons. The smallest absolute Gasteiger partial charge is 0.230 e. The first-order chi connectivity index (χ1) is 11.1. The Morgan fingerprint density at radius 1 is 1.26 bits per heavy atom. The van der Waals surface area contributed by atoms with Gasteiger partial charge in [-0.25, -0.2) is 0 Å². The van der Waals surface area contributed by atoms with E-state index in [1.54, 1.807) is 12.4 Å². The molecule has 0 spiro atoms. The Morgan fingerprint density at radius 3 is 2.61 bits per heavy atom. The van der Waals surface area contributed by atoms with Crippen LogP contribution < -0.4 is 5.32 Å². The number of rotatable bonds is 7. The zero-order chi connectivity index (χ0) is 16.7. The van der Waals surface area contributed by atoms with Gasteiger partial charge in [-0.1, -0.05) is 29.8 Å². The van der Waals surface area contributed by atoms with Gasteiger partial charge in [0.2, 0.25) is 5.91 Å². The summed E-state index contributed by atoms with van der Waals surface area (Å²) in [6.07, 6.45) is 3.44. The minimum absolute atomic E-state index is 0.00529. The van der Waals surface area contributed by atoms with Crippen molar-refractivity contribution in [3.8, 4) is 0 Å². The number of aromatic nitrogens is 1. The van der Waals surface area contributed by atoms with Gasteiger partial charge in [-0.15, -0.1) is 11.8 Å². The molecular weight excluding hydrogens is 330 g/mol. The number of halogens is 1. The van der Waals surface area contributed by atoms with Gasteiger partial charge >= 0.3 is 0 Å². The summed E-state index contributed by atoms with van der Waals surface area (Å²) < 4.78 is 0. The molecule has 1 amide bonds. The molecule has 122 valence electrons. The van der Waals surface area contributed by atoms with E-state index in [1.165, 1.54) is 11.8 Å². The molecule has 2 rings (SSSR count). The average Bonchev–Trinajstić information content (AvgIpc) is 2.55. The highest BCUT2D eigenvalue weighted by molar-refractivity contribution is 8.00. The van der Waals surface area contributed by atoms with Crippen LogP contribution in [0.25, 0.3) is 0 Å². The van der Waals surface area contributed by atoms with E-state index < -0.39 is 0 Å². The van der Waals surface area contributed by atoms with E-state index >= 15 is 0 Å². The van der Waals surface area contributed by atoms with Crippen LogP contribution in [0.1, 0.15) is 11.6 Å². The maximum Gasteiger partial charge on any atom is 0.230 e. The first-order valence-corrected chi connectivity index (χ1v) is 8.64. The zero-order valence-corrected chi connectivity index (χ0v) is 14.8. The minimum Gasteiger partial charge on any atom is -0.353 e. The number of thioether (sulfide) groups is 1. The van der Waals surface area contributed by atoms with E-state index in [9.17, 15) is 4.79 Å². The van der Waals surface area contributed by atoms with Gasteiger partial charge in [0, 0.05) is 28.9 Å². The van der Waals surface area contributed by atoms with Crippen LogP contribution in [0.3, 0.4) is 0 Å². The van der Waals surface area contributed by atoms with Crippen LogP contribution in [0, 0.1) is 0 Å². The molecule has 0 aliphatic heterocycles. The Morgan fingerprint density at radius 2 is 1.96 bits per heavy atom. The quantitative estimate of drug-likeness (QED) is 0.779. The predicted octanol–water partition coefficient (Wildman–Crippen LogP) is 3.25. The van der Waals surface area contributed by atoms with Crippen molar-refractivity contribution < 1.29 is 4.79 Å². The molecule has 0 aliphatic rings. The Labute approximate surface area is 146 Å². The van der Waals surface area contributed by atoms with Crippen molar-refractivity contribution in [1.29, 1.82) is 0 Å². The van der Waals surface area contributed by atoms with Crippen molar-refractivity contribution in [1.82, 2.24) is 15.2 Å². The van der Waals surface area contributed by atoms with Crippen LogP contribution in [0.15, 0.2) is 53.7 Å². The Hall–Kier alpha value is -1.56. The second-order valence-corrected chi connectivity index (χ2v) is 6.73. The SMILES string of the molecule is CN(C)C(CNC(=O)CSc1ccncc1)c1ccccc1Cl. The Balaban J connectivity index is 1.89. The molecule has 0 bridgehead atoms. The number of benzene rings is 1. The molecule has 6 heteroatoms. The van der Waals surface area contributed by atoms with E-state index in [4.69, 9.17) is 11.6 Å². The van der Waals surface area contributed by atoms with E-state index in [1.807, 2.05) is 50.5 Å². The fraction of sp³-hybridized carbons (Fsp3) is 0.294. The fourth-order valence-electron chi connectivity index (χ4n) is 2.16. The number of amides is 1. The summed E-state index contributed by atoms with van der Waals surface area (Å²) in [5.74, 6) is 0.387. The first kappa shape index (κ1) is 17.8. The second-order valence-electron chi connectivity index (χ2n) is 5.28. The molecular formula is C17H20ClN3OS.